The summed E-state index contributed by atoms with van der Waals surface area (Å²) < 4.78 is 4.82. The van der Waals surface area contributed by atoms with Crippen molar-refractivity contribution in [2.45, 2.75) is 25.7 Å². The molecule has 1 saturated heterocycles. The number of nitrogens with zero attached hydrogens (tertiary/aromatic N) is 1. The van der Waals surface area contributed by atoms with Crippen molar-refractivity contribution in [1.82, 2.24) is 4.90 Å². The van der Waals surface area contributed by atoms with Crippen LogP contribution in [0.2, 0.25) is 0 Å². The second-order valence-corrected chi connectivity index (χ2v) is 7.13. The molecule has 0 bridgehead atoms. The van der Waals surface area contributed by atoms with Gasteiger partial charge in [-0.1, -0.05) is 30.3 Å². The van der Waals surface area contributed by atoms with Gasteiger partial charge in [0.05, 0.1) is 0 Å². The molecule has 6 heteroatoms. The quantitative estimate of drug-likeness (QED) is 0.823. The van der Waals surface area contributed by atoms with E-state index in [-0.39, 0.29) is 18.5 Å². The Labute approximate surface area is 165 Å². The van der Waals surface area contributed by atoms with E-state index in [0.29, 0.717) is 23.8 Å². The number of likely N-dealkylation sites (tertiary alicyclic amines) is 1. The Morgan fingerprint density at radius 3 is 2.61 bits per heavy atom. The highest BCUT2D eigenvalue weighted by Gasteiger charge is 2.25. The summed E-state index contributed by atoms with van der Waals surface area (Å²) in [5.41, 5.74) is 3.87. The first-order valence-electron chi connectivity index (χ1n) is 9.57. The summed E-state index contributed by atoms with van der Waals surface area (Å²) in [7, 11) is 1.47. The van der Waals surface area contributed by atoms with Crippen LogP contribution in [0.25, 0.3) is 0 Å². The van der Waals surface area contributed by atoms with Crippen molar-refractivity contribution >= 4 is 23.3 Å². The van der Waals surface area contributed by atoms with Gasteiger partial charge in [0.2, 0.25) is 5.91 Å². The number of anilines is 2. The normalized spacial score (nSPS) is 16.5. The van der Waals surface area contributed by atoms with Crippen LogP contribution < -0.4 is 10.6 Å². The van der Waals surface area contributed by atoms with E-state index in [1.807, 2.05) is 17.0 Å². The molecular weight excluding hydrogens is 354 g/mol. The molecule has 0 saturated carbocycles. The van der Waals surface area contributed by atoms with Crippen LogP contribution in [0.4, 0.5) is 16.2 Å². The number of methoxy groups -OCH3 is 1. The smallest absolute Gasteiger partial charge is 0.321 e. The minimum atomic E-state index is -0.233. The Morgan fingerprint density at radius 2 is 1.86 bits per heavy atom. The fourth-order valence-corrected chi connectivity index (χ4v) is 3.67. The molecule has 0 spiro atoms. The van der Waals surface area contributed by atoms with Gasteiger partial charge in [0.1, 0.15) is 6.61 Å². The fourth-order valence-electron chi connectivity index (χ4n) is 3.67. The topological polar surface area (TPSA) is 70.7 Å². The number of amides is 3. The van der Waals surface area contributed by atoms with Crippen molar-refractivity contribution in [2.24, 2.45) is 0 Å². The summed E-state index contributed by atoms with van der Waals surface area (Å²) in [6, 6.07) is 15.4. The lowest BCUT2D eigenvalue weighted by atomic mass is 9.88. The molecule has 1 aliphatic heterocycles. The van der Waals surface area contributed by atoms with Crippen LogP contribution in [0.15, 0.2) is 48.5 Å². The van der Waals surface area contributed by atoms with Crippen molar-refractivity contribution in [1.29, 1.82) is 0 Å². The van der Waals surface area contributed by atoms with Crippen LogP contribution in [0.1, 0.15) is 29.9 Å². The van der Waals surface area contributed by atoms with Crippen LogP contribution >= 0.6 is 0 Å². The molecule has 1 fully saturated rings. The average Bonchev–Trinajstić information content (AvgIpc) is 2.69. The van der Waals surface area contributed by atoms with Gasteiger partial charge < -0.3 is 20.3 Å². The zero-order valence-electron chi connectivity index (χ0n) is 16.4. The van der Waals surface area contributed by atoms with Gasteiger partial charge in [0.15, 0.2) is 0 Å². The summed E-state index contributed by atoms with van der Waals surface area (Å²) in [4.78, 5) is 26.3. The zero-order chi connectivity index (χ0) is 19.9. The monoisotopic (exact) mass is 381 g/mol. The third kappa shape index (κ3) is 5.10. The summed E-state index contributed by atoms with van der Waals surface area (Å²) in [5.74, 6) is 0.128. The SMILES string of the molecule is COCC(=O)Nc1cccc(NC(=O)N2CCCC(c3ccccc3C)C2)c1. The van der Waals surface area contributed by atoms with Gasteiger partial charge in [0, 0.05) is 37.5 Å². The summed E-state index contributed by atoms with van der Waals surface area (Å²) in [6.07, 6.45) is 2.08. The van der Waals surface area contributed by atoms with E-state index in [0.717, 1.165) is 19.4 Å². The van der Waals surface area contributed by atoms with Crippen molar-refractivity contribution in [3.8, 4) is 0 Å². The highest BCUT2D eigenvalue weighted by atomic mass is 16.5. The molecule has 1 aliphatic rings. The maximum atomic E-state index is 12.8. The molecule has 148 valence electrons. The highest BCUT2D eigenvalue weighted by Crippen LogP contribution is 2.29. The third-order valence-electron chi connectivity index (χ3n) is 5.01. The third-order valence-corrected chi connectivity index (χ3v) is 5.01. The first kappa shape index (κ1) is 19.9. The minimum absolute atomic E-state index is 0.00927. The van der Waals surface area contributed by atoms with E-state index in [4.69, 9.17) is 4.74 Å². The Morgan fingerprint density at radius 1 is 1.11 bits per heavy atom. The lowest BCUT2D eigenvalue weighted by Gasteiger charge is -2.33. The maximum absolute atomic E-state index is 12.8. The van der Waals surface area contributed by atoms with Crippen LogP contribution in [0.3, 0.4) is 0 Å². The first-order valence-corrected chi connectivity index (χ1v) is 9.57. The molecule has 1 heterocycles. The number of aryl methyl sites for hydroxylation is 1. The number of urea groups is 1. The van der Waals surface area contributed by atoms with Gasteiger partial charge in [-0.25, -0.2) is 4.79 Å². The molecule has 2 N–H and O–H groups in total. The number of benzene rings is 2. The number of hydrogen-bond acceptors (Lipinski definition) is 3. The Bertz CT molecular complexity index is 837. The van der Waals surface area contributed by atoms with Crippen molar-refractivity contribution < 1.29 is 14.3 Å². The zero-order valence-corrected chi connectivity index (χ0v) is 16.4. The van der Waals surface area contributed by atoms with Crippen LogP contribution in [-0.2, 0) is 9.53 Å². The lowest BCUT2D eigenvalue weighted by Crippen LogP contribution is -2.41. The molecule has 28 heavy (non-hydrogen) atoms. The standard InChI is InChI=1S/C22H27N3O3/c1-16-7-3-4-11-20(16)17-8-6-12-25(14-17)22(27)24-19-10-5-9-18(13-19)23-21(26)15-28-2/h3-5,7,9-11,13,17H,6,8,12,14-15H2,1-2H3,(H,23,26)(H,24,27). The molecule has 0 aromatic heterocycles. The second kappa shape index (κ2) is 9.37. The van der Waals surface area contributed by atoms with E-state index >= 15 is 0 Å². The summed E-state index contributed by atoms with van der Waals surface area (Å²) in [5, 5.41) is 5.69. The number of ether oxygens (including phenoxy) is 1. The molecule has 1 atom stereocenters. The molecule has 0 aliphatic carbocycles. The van der Waals surface area contributed by atoms with Crippen LogP contribution in [0, 0.1) is 6.92 Å². The molecule has 3 amide bonds. The van der Waals surface area contributed by atoms with E-state index in [2.05, 4.69) is 35.8 Å². The van der Waals surface area contributed by atoms with Crippen LogP contribution in [0.5, 0.6) is 0 Å². The highest BCUT2D eigenvalue weighted by molar-refractivity contribution is 5.94. The van der Waals surface area contributed by atoms with Gasteiger partial charge in [-0.15, -0.1) is 0 Å². The van der Waals surface area contributed by atoms with Crippen molar-refractivity contribution in [2.75, 3.05) is 37.4 Å². The Hall–Kier alpha value is -2.86. The van der Waals surface area contributed by atoms with Crippen molar-refractivity contribution in [3.05, 3.63) is 59.7 Å². The van der Waals surface area contributed by atoms with Gasteiger partial charge in [0.25, 0.3) is 0 Å². The number of piperidine rings is 1. The van der Waals surface area contributed by atoms with Gasteiger partial charge in [-0.3, -0.25) is 4.79 Å². The molecule has 2 aromatic rings. The summed E-state index contributed by atoms with van der Waals surface area (Å²) in [6.45, 7) is 3.57. The predicted octanol–water partition coefficient (Wildman–Crippen LogP) is 3.99. The Kier molecular flexibility index (Phi) is 6.66. The minimum Gasteiger partial charge on any atom is -0.375 e. The molecule has 2 aromatic carbocycles. The predicted molar refractivity (Wildman–Crippen MR) is 111 cm³/mol. The molecule has 6 nitrogen and oxygen atoms in total. The molecule has 0 radical (unpaired) electrons. The van der Waals surface area contributed by atoms with Crippen LogP contribution in [-0.4, -0.2) is 43.6 Å². The van der Waals surface area contributed by atoms with Gasteiger partial charge >= 0.3 is 6.03 Å². The largest absolute Gasteiger partial charge is 0.375 e. The number of hydrogen-bond donors (Lipinski definition) is 2. The number of carbonyl (C=O) groups excluding carboxylic acids is 2. The maximum Gasteiger partial charge on any atom is 0.321 e. The Balaban J connectivity index is 1.63. The van der Waals surface area contributed by atoms with Gasteiger partial charge in [-0.05, 0) is 49.1 Å². The molecule has 1 unspecified atom stereocenters. The molecule has 3 rings (SSSR count). The van der Waals surface area contributed by atoms with E-state index < -0.39 is 0 Å². The summed E-state index contributed by atoms with van der Waals surface area (Å²) >= 11 is 0. The number of rotatable bonds is 5. The van der Waals surface area contributed by atoms with Crippen molar-refractivity contribution in [3.63, 3.8) is 0 Å². The lowest BCUT2D eigenvalue weighted by molar-refractivity contribution is -0.119. The average molecular weight is 381 g/mol. The van der Waals surface area contributed by atoms with E-state index in [9.17, 15) is 9.59 Å². The first-order chi connectivity index (χ1) is 13.6. The fraction of sp³-hybridized carbons (Fsp3) is 0.364. The number of nitrogens with one attached hydrogen (secondary N) is 2. The van der Waals surface area contributed by atoms with E-state index in [1.165, 1.54) is 18.2 Å². The van der Waals surface area contributed by atoms with E-state index in [1.54, 1.807) is 18.2 Å². The molecular formula is C22H27N3O3. The second-order valence-electron chi connectivity index (χ2n) is 7.13. The number of carbonyl (C=O) groups is 2. The van der Waals surface area contributed by atoms with Gasteiger partial charge in [-0.2, -0.15) is 0 Å².